The summed E-state index contributed by atoms with van der Waals surface area (Å²) < 4.78 is 91.4. The number of ketones is 1. The molecule has 3 fully saturated rings. The molecule has 4 aliphatic heterocycles. The first-order chi connectivity index (χ1) is 20.9. The van der Waals surface area contributed by atoms with E-state index in [9.17, 15) is 23.7 Å². The molecule has 0 bridgehead atoms. The zero-order valence-corrected chi connectivity index (χ0v) is 23.8. The van der Waals surface area contributed by atoms with Gasteiger partial charge in [0.15, 0.2) is 53.6 Å². The van der Waals surface area contributed by atoms with E-state index in [0.717, 1.165) is 28.1 Å². The molecule has 3 saturated heterocycles. The molecular weight excluding hydrogens is 640 g/mol. The molecule has 236 valence electrons. The quantitative estimate of drug-likeness (QED) is 0.325. The number of fused-ring (bicyclic) bond motifs is 4. The zero-order chi connectivity index (χ0) is 31.0. The number of hydrogen-bond donors (Lipinski definition) is 3. The molecule has 19 nitrogen and oxygen atoms in total. The van der Waals surface area contributed by atoms with Gasteiger partial charge < -0.3 is 25.0 Å². The number of phosphoric acid groups is 2. The van der Waals surface area contributed by atoms with Gasteiger partial charge in [-0.1, -0.05) is 0 Å². The van der Waals surface area contributed by atoms with Gasteiger partial charge in [-0.15, -0.1) is 0 Å². The monoisotopic (exact) mass is 662 g/mol. The number of nitrogens with zero attached hydrogens (tertiary/aromatic N) is 7. The lowest BCUT2D eigenvalue weighted by atomic mass is 10.1. The van der Waals surface area contributed by atoms with Crippen LogP contribution in [0.3, 0.4) is 0 Å². The van der Waals surface area contributed by atoms with Gasteiger partial charge in [-0.05, 0) is 0 Å². The van der Waals surface area contributed by atoms with E-state index >= 15 is 8.78 Å². The van der Waals surface area contributed by atoms with Crippen molar-refractivity contribution in [1.82, 2.24) is 29.1 Å². The Morgan fingerprint density at radius 3 is 2.11 bits per heavy atom. The highest BCUT2D eigenvalue weighted by atomic mass is 31.2. The molecule has 7 heterocycles. The summed E-state index contributed by atoms with van der Waals surface area (Å²) in [7, 11) is -10.3. The molecule has 0 aliphatic carbocycles. The predicted molar refractivity (Wildman–Crippen MR) is 138 cm³/mol. The van der Waals surface area contributed by atoms with Crippen LogP contribution in [0.15, 0.2) is 24.0 Å². The standard InChI is InChI=1S/C21H22F2N8O11P2/c22-11-15-9(39-20(11)30-6-28-13-8(32)1-2-25-18(13)30)3-37-44(35,36)42-16-10(4-38-43(33,34)41-15)40-21(12(16)23)31-7-29-14-17(24)26-5-27-19(14)31/h2,5-7,9-12,15-16,20-21H,1,3-4H2,(H,33,34)(H,35,36)(H2,24,26,27)/t9-,10-,11-,12-,15-,16-,20-,21-/m1/s1. The second-order valence-corrected chi connectivity index (χ2v) is 12.8. The molecule has 3 aromatic heterocycles. The Balaban J connectivity index is 1.16. The number of phosphoric ester groups is 2. The minimum absolute atomic E-state index is 0.00447. The van der Waals surface area contributed by atoms with Gasteiger partial charge in [-0.2, -0.15) is 0 Å². The third kappa shape index (κ3) is 5.08. The number of ether oxygens (including phenoxy) is 2. The number of hydrogen-bond acceptors (Lipinski definition) is 15. The number of carbonyl (C=O) groups is 1. The maximum absolute atomic E-state index is 15.8. The molecular formula is C21H22F2N8O11P2. The topological polar surface area (TPSA) is 247 Å². The Kier molecular flexibility index (Phi) is 7.24. The number of nitrogen functional groups attached to an aromatic ring is 1. The van der Waals surface area contributed by atoms with E-state index in [1.165, 1.54) is 6.21 Å². The van der Waals surface area contributed by atoms with Crippen molar-refractivity contribution in [2.24, 2.45) is 4.99 Å². The summed E-state index contributed by atoms with van der Waals surface area (Å²) in [6, 6.07) is 0. The lowest BCUT2D eigenvalue weighted by Gasteiger charge is -2.27. The third-order valence-corrected chi connectivity index (χ3v) is 9.28. The van der Waals surface area contributed by atoms with Crippen molar-refractivity contribution in [3.63, 3.8) is 0 Å². The number of aliphatic imine (C=N–C) groups is 1. The van der Waals surface area contributed by atoms with Crippen LogP contribution in [0.1, 0.15) is 29.4 Å². The van der Waals surface area contributed by atoms with Crippen molar-refractivity contribution >= 4 is 50.4 Å². The molecule has 4 N–H and O–H groups in total. The molecule has 3 aromatic rings. The van der Waals surface area contributed by atoms with E-state index in [1.807, 2.05) is 0 Å². The summed E-state index contributed by atoms with van der Waals surface area (Å²) in [5.41, 5.74) is 5.93. The summed E-state index contributed by atoms with van der Waals surface area (Å²) in [5, 5.41) is 0. The van der Waals surface area contributed by atoms with E-state index in [0.29, 0.717) is 0 Å². The molecule has 10 atom stereocenters. The fourth-order valence-corrected chi connectivity index (χ4v) is 7.20. The summed E-state index contributed by atoms with van der Waals surface area (Å²) in [5.74, 6) is -0.408. The van der Waals surface area contributed by atoms with Gasteiger partial charge in [0.1, 0.15) is 36.3 Å². The number of Topliss-reactive ketones (excluding diaryl/α,β-unsaturated/α-hetero) is 1. The van der Waals surface area contributed by atoms with Gasteiger partial charge in [0.05, 0.1) is 25.9 Å². The van der Waals surface area contributed by atoms with E-state index in [4.69, 9.17) is 33.3 Å². The molecule has 0 saturated carbocycles. The van der Waals surface area contributed by atoms with Crippen LogP contribution in [0, 0.1) is 0 Å². The van der Waals surface area contributed by atoms with Crippen molar-refractivity contribution in [1.29, 1.82) is 0 Å². The summed E-state index contributed by atoms with van der Waals surface area (Å²) in [6.07, 6.45) is -9.97. The van der Waals surface area contributed by atoms with Crippen LogP contribution in [0.4, 0.5) is 20.4 Å². The van der Waals surface area contributed by atoms with Crippen LogP contribution in [-0.4, -0.2) is 101 Å². The number of aromatic nitrogens is 6. The SMILES string of the molecule is Nc1ncnc2c1ncn2[C@@H]1O[C@@H]2COP(=O)(O)O[C@H]3[C@@H](F)[C@H](n4cnc5c4N=CCC5=O)O[C@@H]3COP(=O)(O)O[C@H]2[C@H]1F. The summed E-state index contributed by atoms with van der Waals surface area (Å²) in [4.78, 5) is 53.0. The van der Waals surface area contributed by atoms with Crippen LogP contribution >= 0.6 is 15.6 Å². The van der Waals surface area contributed by atoms with E-state index in [2.05, 4.69) is 24.9 Å². The second kappa shape index (κ2) is 10.8. The summed E-state index contributed by atoms with van der Waals surface area (Å²) >= 11 is 0. The van der Waals surface area contributed by atoms with Crippen LogP contribution in [-0.2, 0) is 36.7 Å². The number of anilines is 1. The molecule has 4 aliphatic rings. The van der Waals surface area contributed by atoms with Gasteiger partial charge in [0.25, 0.3) is 0 Å². The molecule has 0 spiro atoms. The number of alkyl halides is 2. The number of rotatable bonds is 2. The highest BCUT2D eigenvalue weighted by Gasteiger charge is 2.55. The van der Waals surface area contributed by atoms with Crippen LogP contribution < -0.4 is 5.73 Å². The minimum atomic E-state index is -5.14. The van der Waals surface area contributed by atoms with Crippen molar-refractivity contribution in [3.8, 4) is 0 Å². The van der Waals surface area contributed by atoms with Crippen LogP contribution in [0.25, 0.3) is 11.2 Å². The molecule has 0 amide bonds. The average Bonchev–Trinajstić information content (AvgIpc) is 3.73. The Bertz CT molecular complexity index is 1760. The van der Waals surface area contributed by atoms with Gasteiger partial charge in [0.2, 0.25) is 0 Å². The molecule has 0 radical (unpaired) electrons. The van der Waals surface area contributed by atoms with E-state index in [-0.39, 0.29) is 40.7 Å². The lowest BCUT2D eigenvalue weighted by Crippen LogP contribution is -2.37. The highest BCUT2D eigenvalue weighted by Crippen LogP contribution is 2.54. The van der Waals surface area contributed by atoms with Gasteiger partial charge in [-0.25, -0.2) is 42.8 Å². The Labute approximate surface area is 244 Å². The van der Waals surface area contributed by atoms with Crippen molar-refractivity contribution in [3.05, 3.63) is 24.7 Å². The summed E-state index contributed by atoms with van der Waals surface area (Å²) in [6.45, 7) is -1.83. The van der Waals surface area contributed by atoms with Gasteiger partial charge in [-0.3, -0.25) is 32.0 Å². The Hall–Kier alpha value is -3.10. The first-order valence-corrected chi connectivity index (χ1v) is 15.9. The molecule has 2 unspecified atom stereocenters. The largest absolute Gasteiger partial charge is 0.472 e. The highest BCUT2D eigenvalue weighted by molar-refractivity contribution is 7.47. The fraction of sp³-hybridized carbons (Fsp3) is 0.524. The first-order valence-electron chi connectivity index (χ1n) is 12.9. The zero-order valence-electron chi connectivity index (χ0n) is 22.0. The number of nitrogens with two attached hydrogens (primary N) is 1. The molecule has 7 rings (SSSR count). The lowest BCUT2D eigenvalue weighted by molar-refractivity contribution is -0.0664. The van der Waals surface area contributed by atoms with Crippen molar-refractivity contribution in [2.45, 2.75) is 55.6 Å². The number of halogens is 2. The van der Waals surface area contributed by atoms with Crippen LogP contribution in [0.2, 0.25) is 0 Å². The smallest absolute Gasteiger partial charge is 0.382 e. The number of carbonyl (C=O) groups excluding carboxylic acids is 1. The number of imidazole rings is 2. The Morgan fingerprint density at radius 2 is 1.48 bits per heavy atom. The molecule has 23 heteroatoms. The average molecular weight is 662 g/mol. The minimum Gasteiger partial charge on any atom is -0.382 e. The first kappa shape index (κ1) is 29.6. The van der Waals surface area contributed by atoms with Crippen molar-refractivity contribution in [2.75, 3.05) is 18.9 Å². The van der Waals surface area contributed by atoms with E-state index < -0.39 is 78.1 Å². The third-order valence-electron chi connectivity index (χ3n) is 7.30. The van der Waals surface area contributed by atoms with Crippen molar-refractivity contribution < 1.29 is 60.1 Å². The van der Waals surface area contributed by atoms with Gasteiger partial charge in [0, 0.05) is 12.6 Å². The molecule has 0 aromatic carbocycles. The molecule has 44 heavy (non-hydrogen) atoms. The fourth-order valence-electron chi connectivity index (χ4n) is 5.29. The maximum Gasteiger partial charge on any atom is 0.472 e. The second-order valence-electron chi connectivity index (χ2n) is 10.0. The van der Waals surface area contributed by atoms with E-state index in [1.54, 1.807) is 0 Å². The van der Waals surface area contributed by atoms with Crippen LogP contribution in [0.5, 0.6) is 0 Å². The Morgan fingerprint density at radius 1 is 0.886 bits per heavy atom. The predicted octanol–water partition coefficient (Wildman–Crippen LogP) is 1.08. The van der Waals surface area contributed by atoms with Gasteiger partial charge >= 0.3 is 15.6 Å². The normalized spacial score (nSPS) is 39.4. The maximum atomic E-state index is 15.8.